The molecule has 5 atom stereocenters. The van der Waals surface area contributed by atoms with E-state index in [1.807, 2.05) is 0 Å². The van der Waals surface area contributed by atoms with E-state index in [1.165, 1.54) is 23.9 Å². The summed E-state index contributed by atoms with van der Waals surface area (Å²) in [7, 11) is 6.46. The van der Waals surface area contributed by atoms with Gasteiger partial charge in [-0.05, 0) is 24.3 Å². The molecule has 5 nitrogen and oxygen atoms in total. The van der Waals surface area contributed by atoms with Crippen molar-refractivity contribution < 1.29 is 28.1 Å². The van der Waals surface area contributed by atoms with Crippen molar-refractivity contribution in [1.82, 2.24) is 0 Å². The monoisotopic (exact) mass is 346 g/mol. The summed E-state index contributed by atoms with van der Waals surface area (Å²) in [6.45, 7) is 0.384. The van der Waals surface area contributed by atoms with Crippen LogP contribution in [0.5, 0.6) is 0 Å². The van der Waals surface area contributed by atoms with Crippen LogP contribution in [0.2, 0.25) is 0 Å². The van der Waals surface area contributed by atoms with Crippen LogP contribution in [-0.2, 0) is 23.7 Å². The number of methoxy groups -OCH3 is 4. The Labute approximate surface area is 140 Å². The van der Waals surface area contributed by atoms with E-state index in [0.717, 1.165) is 4.90 Å². The van der Waals surface area contributed by atoms with E-state index in [4.69, 9.17) is 23.7 Å². The lowest BCUT2D eigenvalue weighted by Crippen LogP contribution is -2.59. The van der Waals surface area contributed by atoms with Gasteiger partial charge in [0.05, 0.1) is 6.61 Å². The molecule has 0 N–H and O–H groups in total. The summed E-state index contributed by atoms with van der Waals surface area (Å²) < 4.78 is 41.1. The molecule has 0 spiro atoms. The van der Waals surface area contributed by atoms with Gasteiger partial charge in [-0.1, -0.05) is 11.8 Å². The maximum atomic E-state index is 13.1. The first-order valence-electron chi connectivity index (χ1n) is 7.29. The fourth-order valence-electron chi connectivity index (χ4n) is 2.72. The number of halogens is 1. The maximum absolute atomic E-state index is 13.1. The number of rotatable bonds is 7. The minimum atomic E-state index is -0.326. The second kappa shape index (κ2) is 8.96. The Kier molecular flexibility index (Phi) is 7.26. The van der Waals surface area contributed by atoms with Crippen molar-refractivity contribution in [3.8, 4) is 0 Å². The lowest BCUT2D eigenvalue weighted by molar-refractivity contribution is -0.229. The van der Waals surface area contributed by atoms with Crippen molar-refractivity contribution in [2.75, 3.05) is 35.0 Å². The summed E-state index contributed by atoms with van der Waals surface area (Å²) in [5.74, 6) is -0.270. The van der Waals surface area contributed by atoms with Gasteiger partial charge in [-0.3, -0.25) is 0 Å². The van der Waals surface area contributed by atoms with Crippen molar-refractivity contribution in [1.29, 1.82) is 0 Å². The van der Waals surface area contributed by atoms with Crippen LogP contribution in [0, 0.1) is 5.82 Å². The van der Waals surface area contributed by atoms with E-state index in [2.05, 4.69) is 0 Å². The SMILES string of the molecule is COC[C@H]1O[C@@H](Sc2ccc(F)cc2)[C@H](OC)[C@@H](OC)[C@@H]1OC. The number of thioether (sulfide) groups is 1. The van der Waals surface area contributed by atoms with Gasteiger partial charge in [-0.25, -0.2) is 4.39 Å². The van der Waals surface area contributed by atoms with Crippen molar-refractivity contribution >= 4 is 11.8 Å². The zero-order valence-corrected chi connectivity index (χ0v) is 14.5. The summed E-state index contributed by atoms with van der Waals surface area (Å²) in [6.07, 6.45) is -1.20. The van der Waals surface area contributed by atoms with Crippen LogP contribution >= 0.6 is 11.8 Å². The third-order valence-corrected chi connectivity index (χ3v) is 4.96. The molecule has 130 valence electrons. The fourth-order valence-corrected chi connectivity index (χ4v) is 3.88. The van der Waals surface area contributed by atoms with Gasteiger partial charge in [-0.2, -0.15) is 0 Å². The molecule has 0 saturated carbocycles. The molecule has 1 aromatic carbocycles. The minimum Gasteiger partial charge on any atom is -0.382 e. The van der Waals surface area contributed by atoms with Crippen LogP contribution in [0.25, 0.3) is 0 Å². The summed E-state index contributed by atoms with van der Waals surface area (Å²) in [5.41, 5.74) is -0.318. The molecule has 2 rings (SSSR count). The highest BCUT2D eigenvalue weighted by Crippen LogP contribution is 2.36. The topological polar surface area (TPSA) is 46.2 Å². The predicted molar refractivity (Wildman–Crippen MR) is 85.2 cm³/mol. The summed E-state index contributed by atoms with van der Waals surface area (Å²) in [5, 5.41) is 0. The normalized spacial score (nSPS) is 31.3. The second-order valence-electron chi connectivity index (χ2n) is 5.17. The van der Waals surface area contributed by atoms with Gasteiger partial charge in [0.25, 0.3) is 0 Å². The Morgan fingerprint density at radius 3 is 2.09 bits per heavy atom. The Morgan fingerprint density at radius 2 is 1.57 bits per heavy atom. The van der Waals surface area contributed by atoms with E-state index in [9.17, 15) is 4.39 Å². The minimum absolute atomic E-state index is 0.270. The zero-order chi connectivity index (χ0) is 16.8. The van der Waals surface area contributed by atoms with Crippen LogP contribution in [-0.4, -0.2) is 64.9 Å². The molecule has 7 heteroatoms. The first-order chi connectivity index (χ1) is 11.1. The van der Waals surface area contributed by atoms with Gasteiger partial charge in [0.1, 0.15) is 35.7 Å². The highest BCUT2D eigenvalue weighted by molar-refractivity contribution is 7.99. The van der Waals surface area contributed by atoms with Crippen molar-refractivity contribution in [3.05, 3.63) is 30.1 Å². The lowest BCUT2D eigenvalue weighted by atomic mass is 9.99. The summed E-state index contributed by atoms with van der Waals surface area (Å²) in [4.78, 5) is 0.889. The van der Waals surface area contributed by atoms with Crippen LogP contribution in [0.1, 0.15) is 0 Å². The molecule has 1 aromatic rings. The maximum Gasteiger partial charge on any atom is 0.137 e. The Bertz CT molecular complexity index is 472. The quantitative estimate of drug-likeness (QED) is 0.755. The first-order valence-corrected chi connectivity index (χ1v) is 8.17. The molecule has 1 saturated heterocycles. The Morgan fingerprint density at radius 1 is 0.957 bits per heavy atom. The van der Waals surface area contributed by atoms with Gasteiger partial charge in [0.15, 0.2) is 0 Å². The molecule has 0 aromatic heterocycles. The smallest absolute Gasteiger partial charge is 0.137 e. The summed E-state index contributed by atoms with van der Waals surface area (Å²) in [6, 6.07) is 6.27. The predicted octanol–water partition coefficient (Wildman–Crippen LogP) is 2.33. The Balaban J connectivity index is 2.19. The molecular formula is C16H23FO5S. The fraction of sp³-hybridized carbons (Fsp3) is 0.625. The van der Waals surface area contributed by atoms with Gasteiger partial charge in [0.2, 0.25) is 0 Å². The van der Waals surface area contributed by atoms with E-state index in [1.54, 1.807) is 40.6 Å². The summed E-state index contributed by atoms with van der Waals surface area (Å²) >= 11 is 1.46. The molecule has 0 bridgehead atoms. The van der Waals surface area contributed by atoms with Crippen molar-refractivity contribution in [2.45, 2.75) is 34.7 Å². The number of ether oxygens (including phenoxy) is 5. The molecule has 0 radical (unpaired) electrons. The molecule has 0 unspecified atom stereocenters. The van der Waals surface area contributed by atoms with Gasteiger partial charge >= 0.3 is 0 Å². The van der Waals surface area contributed by atoms with E-state index < -0.39 is 0 Å². The number of hydrogen-bond donors (Lipinski definition) is 0. The molecule has 23 heavy (non-hydrogen) atoms. The van der Waals surface area contributed by atoms with E-state index >= 15 is 0 Å². The zero-order valence-electron chi connectivity index (χ0n) is 13.7. The van der Waals surface area contributed by atoms with Gasteiger partial charge in [-0.15, -0.1) is 0 Å². The van der Waals surface area contributed by atoms with Crippen LogP contribution in [0.4, 0.5) is 4.39 Å². The highest BCUT2D eigenvalue weighted by Gasteiger charge is 2.47. The van der Waals surface area contributed by atoms with Gasteiger partial charge < -0.3 is 23.7 Å². The van der Waals surface area contributed by atoms with Crippen LogP contribution < -0.4 is 0 Å². The van der Waals surface area contributed by atoms with E-state index in [-0.39, 0.29) is 35.7 Å². The van der Waals surface area contributed by atoms with Crippen molar-refractivity contribution in [2.24, 2.45) is 0 Å². The third kappa shape index (κ3) is 4.43. The lowest BCUT2D eigenvalue weighted by Gasteiger charge is -2.44. The third-order valence-electron chi connectivity index (χ3n) is 3.80. The first kappa shape index (κ1) is 18.6. The molecule has 1 heterocycles. The van der Waals surface area contributed by atoms with Crippen LogP contribution in [0.15, 0.2) is 29.2 Å². The molecule has 1 fully saturated rings. The largest absolute Gasteiger partial charge is 0.382 e. The molecular weight excluding hydrogens is 323 g/mol. The highest BCUT2D eigenvalue weighted by atomic mass is 32.2. The van der Waals surface area contributed by atoms with Crippen LogP contribution in [0.3, 0.4) is 0 Å². The number of hydrogen-bond acceptors (Lipinski definition) is 6. The Hall–Kier alpha value is -0.700. The average Bonchev–Trinajstić information content (AvgIpc) is 2.56. The van der Waals surface area contributed by atoms with E-state index in [0.29, 0.717) is 6.61 Å². The molecule has 1 aliphatic heterocycles. The standard InChI is InChI=1S/C16H23FO5S/c1-18-9-12-13(19-2)14(20-3)15(21-4)16(22-12)23-11-7-5-10(17)6-8-11/h5-8,12-16H,9H2,1-4H3/t12-,13-,14+,15-,16+/m1/s1. The average molecular weight is 346 g/mol. The number of benzene rings is 1. The molecule has 0 aliphatic carbocycles. The van der Waals surface area contributed by atoms with Gasteiger partial charge in [0, 0.05) is 33.3 Å². The second-order valence-corrected chi connectivity index (χ2v) is 6.34. The molecule has 0 amide bonds. The molecule has 1 aliphatic rings. The van der Waals surface area contributed by atoms with Crippen molar-refractivity contribution in [3.63, 3.8) is 0 Å².